The third-order valence-corrected chi connectivity index (χ3v) is 3.12. The zero-order valence-electron chi connectivity index (χ0n) is 11.7. The van der Waals surface area contributed by atoms with Crippen molar-refractivity contribution in [3.63, 3.8) is 0 Å². The molecule has 0 radical (unpaired) electrons. The fourth-order valence-corrected chi connectivity index (χ4v) is 1.97. The molecule has 0 aliphatic rings. The second-order valence-electron chi connectivity index (χ2n) is 4.32. The molecule has 0 atom stereocenters. The van der Waals surface area contributed by atoms with Gasteiger partial charge in [-0.15, -0.1) is 0 Å². The molecule has 1 aromatic carbocycles. The van der Waals surface area contributed by atoms with Crippen LogP contribution < -0.4 is 5.43 Å². The maximum Gasteiger partial charge on any atom is 0.272 e. The molecule has 1 amide bonds. The number of halogens is 1. The van der Waals surface area contributed by atoms with Crippen molar-refractivity contribution in [2.24, 2.45) is 5.10 Å². The van der Waals surface area contributed by atoms with Crippen LogP contribution in [0.2, 0.25) is 0 Å². The van der Waals surface area contributed by atoms with Gasteiger partial charge in [0.25, 0.3) is 11.6 Å². The third kappa shape index (κ3) is 5.11. The van der Waals surface area contributed by atoms with Gasteiger partial charge in [0.05, 0.1) is 10.5 Å². The average Bonchev–Trinajstić information content (AvgIpc) is 2.54. The largest absolute Gasteiger partial charge is 0.272 e. The Morgan fingerprint density at radius 1 is 1.30 bits per heavy atom. The highest BCUT2D eigenvalue weighted by Crippen LogP contribution is 2.12. The minimum Gasteiger partial charge on any atom is -0.267 e. The monoisotopic (exact) mass is 374 g/mol. The van der Waals surface area contributed by atoms with E-state index in [1.54, 1.807) is 36.5 Å². The summed E-state index contributed by atoms with van der Waals surface area (Å²) >= 11 is 3.23. The van der Waals surface area contributed by atoms with Gasteiger partial charge in [-0.3, -0.25) is 19.9 Å². The van der Waals surface area contributed by atoms with E-state index in [4.69, 9.17) is 0 Å². The Morgan fingerprint density at radius 2 is 2.04 bits per heavy atom. The summed E-state index contributed by atoms with van der Waals surface area (Å²) in [4.78, 5) is 25.7. The van der Waals surface area contributed by atoms with E-state index < -0.39 is 4.92 Å². The van der Waals surface area contributed by atoms with Crippen LogP contribution in [0.15, 0.2) is 58.4 Å². The summed E-state index contributed by atoms with van der Waals surface area (Å²) in [6.45, 7) is 0. The number of aromatic nitrogens is 1. The van der Waals surface area contributed by atoms with Crippen LogP contribution in [-0.4, -0.2) is 22.0 Å². The number of hydrogen-bond donors (Lipinski definition) is 1. The van der Waals surface area contributed by atoms with E-state index in [2.05, 4.69) is 31.4 Å². The minimum atomic E-state index is -0.457. The number of hydrogen-bond acceptors (Lipinski definition) is 5. The molecular weight excluding hydrogens is 364 g/mol. The number of amides is 1. The van der Waals surface area contributed by atoms with Crippen molar-refractivity contribution in [3.8, 4) is 0 Å². The van der Waals surface area contributed by atoms with Crippen LogP contribution in [0.3, 0.4) is 0 Å². The zero-order chi connectivity index (χ0) is 16.7. The number of nitrogens with zero attached hydrogens (tertiary/aromatic N) is 3. The highest BCUT2D eigenvalue weighted by atomic mass is 79.9. The molecule has 0 saturated carbocycles. The molecule has 0 saturated heterocycles. The lowest BCUT2D eigenvalue weighted by Gasteiger charge is -1.98. The van der Waals surface area contributed by atoms with Gasteiger partial charge in [0.1, 0.15) is 0 Å². The lowest BCUT2D eigenvalue weighted by Crippen LogP contribution is -2.17. The van der Waals surface area contributed by atoms with Crippen molar-refractivity contribution < 1.29 is 9.72 Å². The van der Waals surface area contributed by atoms with Gasteiger partial charge < -0.3 is 0 Å². The molecule has 7 nitrogen and oxygen atoms in total. The summed E-state index contributed by atoms with van der Waals surface area (Å²) in [6, 6.07) is 7.70. The average molecular weight is 375 g/mol. The van der Waals surface area contributed by atoms with Crippen molar-refractivity contribution in [1.29, 1.82) is 0 Å². The third-order valence-electron chi connectivity index (χ3n) is 2.69. The molecule has 2 aromatic rings. The van der Waals surface area contributed by atoms with Gasteiger partial charge in [0.15, 0.2) is 0 Å². The summed E-state index contributed by atoms with van der Waals surface area (Å²) < 4.78 is 0.701. The molecule has 2 rings (SSSR count). The second-order valence-corrected chi connectivity index (χ2v) is 5.23. The molecular formula is C15H11BrN4O3. The van der Waals surface area contributed by atoms with Crippen LogP contribution in [0.5, 0.6) is 0 Å². The number of rotatable bonds is 5. The molecule has 1 heterocycles. The Balaban J connectivity index is 1.88. The van der Waals surface area contributed by atoms with E-state index in [0.717, 1.165) is 5.56 Å². The molecule has 1 N–H and O–H groups in total. The first kappa shape index (κ1) is 16.5. The summed E-state index contributed by atoms with van der Waals surface area (Å²) in [6.07, 6.45) is 7.74. The van der Waals surface area contributed by atoms with E-state index in [1.165, 1.54) is 24.5 Å². The van der Waals surface area contributed by atoms with Crippen LogP contribution in [0.1, 0.15) is 15.9 Å². The number of nitro benzene ring substituents is 1. The van der Waals surface area contributed by atoms with Crippen molar-refractivity contribution in [2.75, 3.05) is 0 Å². The van der Waals surface area contributed by atoms with Crippen LogP contribution in [0.25, 0.3) is 6.08 Å². The summed E-state index contributed by atoms with van der Waals surface area (Å²) in [5.74, 6) is -0.376. The standard InChI is InChI=1S/C15H11BrN4O3/c16-13-8-12(9-17-10-13)15(21)19-18-7-1-2-11-3-5-14(6-4-11)20(22)23/h1-10H,(H,19,21)/b2-1+,18-7+. The van der Waals surface area contributed by atoms with Gasteiger partial charge in [-0.05, 0) is 45.8 Å². The highest BCUT2D eigenvalue weighted by Gasteiger charge is 2.04. The topological polar surface area (TPSA) is 97.5 Å². The van der Waals surface area contributed by atoms with E-state index in [0.29, 0.717) is 10.0 Å². The molecule has 0 fully saturated rings. The fraction of sp³-hybridized carbons (Fsp3) is 0. The number of allylic oxidation sites excluding steroid dienone is 1. The molecule has 116 valence electrons. The van der Waals surface area contributed by atoms with E-state index in [1.807, 2.05) is 0 Å². The highest BCUT2D eigenvalue weighted by molar-refractivity contribution is 9.10. The Morgan fingerprint density at radius 3 is 2.70 bits per heavy atom. The Kier molecular flexibility index (Phi) is 5.70. The van der Waals surface area contributed by atoms with Crippen LogP contribution in [0.4, 0.5) is 5.69 Å². The number of hydrazone groups is 1. The number of nitro groups is 1. The lowest BCUT2D eigenvalue weighted by atomic mass is 10.2. The van der Waals surface area contributed by atoms with Crippen molar-refractivity contribution in [2.45, 2.75) is 0 Å². The first-order valence-corrected chi connectivity index (χ1v) is 7.20. The maximum atomic E-state index is 11.8. The molecule has 0 bridgehead atoms. The summed E-state index contributed by atoms with van der Waals surface area (Å²) in [5.41, 5.74) is 3.57. The van der Waals surface area contributed by atoms with Crippen LogP contribution >= 0.6 is 15.9 Å². The van der Waals surface area contributed by atoms with Gasteiger partial charge >= 0.3 is 0 Å². The number of nitrogens with one attached hydrogen (secondary N) is 1. The molecule has 0 aliphatic heterocycles. The first-order valence-electron chi connectivity index (χ1n) is 6.41. The van der Waals surface area contributed by atoms with Crippen LogP contribution in [0, 0.1) is 10.1 Å². The van der Waals surface area contributed by atoms with Crippen molar-refractivity contribution in [3.05, 3.63) is 74.5 Å². The van der Waals surface area contributed by atoms with Gasteiger partial charge in [-0.2, -0.15) is 5.10 Å². The van der Waals surface area contributed by atoms with Gasteiger partial charge in [0, 0.05) is 35.2 Å². The Hall–Kier alpha value is -2.87. The number of carbonyl (C=O) groups is 1. The fourth-order valence-electron chi connectivity index (χ4n) is 1.60. The predicted octanol–water partition coefficient (Wildman–Crippen LogP) is 3.18. The van der Waals surface area contributed by atoms with Crippen LogP contribution in [-0.2, 0) is 0 Å². The second kappa shape index (κ2) is 7.95. The first-order chi connectivity index (χ1) is 11.1. The predicted molar refractivity (Wildman–Crippen MR) is 90.0 cm³/mol. The Bertz CT molecular complexity index is 773. The number of non-ortho nitro benzene ring substituents is 1. The Labute approximate surface area is 140 Å². The molecule has 0 spiro atoms. The summed E-state index contributed by atoms with van der Waals surface area (Å²) in [7, 11) is 0. The van der Waals surface area contributed by atoms with E-state index in [-0.39, 0.29) is 11.6 Å². The lowest BCUT2D eigenvalue weighted by molar-refractivity contribution is -0.384. The van der Waals surface area contributed by atoms with Gasteiger partial charge in [-0.1, -0.05) is 6.08 Å². The minimum absolute atomic E-state index is 0.0331. The quantitative estimate of drug-likeness (QED) is 0.493. The molecule has 0 unspecified atom stereocenters. The molecule has 0 aliphatic carbocycles. The zero-order valence-corrected chi connectivity index (χ0v) is 13.3. The van der Waals surface area contributed by atoms with Gasteiger partial charge in [-0.25, -0.2) is 5.43 Å². The van der Waals surface area contributed by atoms with Crippen molar-refractivity contribution >= 4 is 39.8 Å². The molecule has 23 heavy (non-hydrogen) atoms. The summed E-state index contributed by atoms with van der Waals surface area (Å²) in [5, 5.41) is 14.3. The smallest absolute Gasteiger partial charge is 0.267 e. The van der Waals surface area contributed by atoms with E-state index in [9.17, 15) is 14.9 Å². The SMILES string of the molecule is O=C(N/N=C/C=C/c1ccc([N+](=O)[O-])cc1)c1cncc(Br)c1. The number of pyridine rings is 1. The number of benzene rings is 1. The van der Waals surface area contributed by atoms with Gasteiger partial charge in [0.2, 0.25) is 0 Å². The van der Waals surface area contributed by atoms with Crippen molar-refractivity contribution in [1.82, 2.24) is 10.4 Å². The maximum absolute atomic E-state index is 11.8. The normalized spacial score (nSPS) is 11.0. The molecule has 1 aromatic heterocycles. The van der Waals surface area contributed by atoms with E-state index >= 15 is 0 Å². The number of carbonyl (C=O) groups excluding carboxylic acids is 1. The molecule has 8 heteroatoms.